The van der Waals surface area contributed by atoms with E-state index >= 15 is 0 Å². The first kappa shape index (κ1) is 31.1. The van der Waals surface area contributed by atoms with Crippen LogP contribution >= 0.6 is 0 Å². The molecule has 1 aliphatic rings. The van der Waals surface area contributed by atoms with Crippen molar-refractivity contribution in [3.8, 4) is 0 Å². The fourth-order valence-corrected chi connectivity index (χ4v) is 3.03. The lowest BCUT2D eigenvalue weighted by molar-refractivity contribution is -0.450. The van der Waals surface area contributed by atoms with E-state index < -0.39 is 72.8 Å². The van der Waals surface area contributed by atoms with Crippen LogP contribution in [0.3, 0.4) is 0 Å². The number of carbonyl (C=O) groups is 1. The normalized spacial score (nSPS) is 19.8. The van der Waals surface area contributed by atoms with Crippen LogP contribution in [-0.2, 0) is 4.79 Å². The summed E-state index contributed by atoms with van der Waals surface area (Å²) in [6.45, 7) is 1.62. The molecule has 0 N–H and O–H groups in total. The van der Waals surface area contributed by atoms with Crippen molar-refractivity contribution >= 4 is 5.91 Å². The van der Waals surface area contributed by atoms with Gasteiger partial charge in [-0.1, -0.05) is 13.0 Å². The van der Waals surface area contributed by atoms with Crippen LogP contribution in [0.1, 0.15) is 26.7 Å². The molecule has 1 aliphatic heterocycles. The van der Waals surface area contributed by atoms with Crippen molar-refractivity contribution in [3.63, 3.8) is 0 Å². The molecule has 0 aromatic heterocycles. The Hall–Kier alpha value is -1.91. The highest BCUT2D eigenvalue weighted by Crippen LogP contribution is 2.63. The number of carbonyl (C=O) groups excluding carboxylic acids is 1. The maximum Gasteiger partial charge on any atom is 0.384 e. The number of hydrogen-bond acceptors (Lipinski definition) is 1. The number of nitrogens with zero attached hydrogens (tertiary/aromatic N) is 1. The Morgan fingerprint density at radius 3 is 1.51 bits per heavy atom. The van der Waals surface area contributed by atoms with Crippen LogP contribution in [0.25, 0.3) is 0 Å². The van der Waals surface area contributed by atoms with Gasteiger partial charge < -0.3 is 4.90 Å². The standard InChI is InChI=1S/C17H15F16NO/c1-3-7(4-2)9(35)34-6-5-8(34)11(20,21)13(24,25)15(28,29)17(32,33)16(30,31)14(26,27)12(22,23)10(18)19/h3,8,10H,4-6H2,1-2H3/b7-3-. The second-order valence-electron chi connectivity index (χ2n) is 7.39. The van der Waals surface area contributed by atoms with Crippen LogP contribution in [0, 0.1) is 0 Å². The third-order valence-corrected chi connectivity index (χ3v) is 5.39. The highest BCUT2D eigenvalue weighted by Gasteiger charge is 2.94. The Morgan fingerprint density at radius 1 is 0.800 bits per heavy atom. The maximum atomic E-state index is 14.3. The molecule has 1 saturated heterocycles. The molecule has 18 heteroatoms. The molecule has 1 fully saturated rings. The van der Waals surface area contributed by atoms with E-state index in [1.807, 2.05) is 0 Å². The second kappa shape index (κ2) is 8.88. The van der Waals surface area contributed by atoms with Gasteiger partial charge in [-0.25, -0.2) is 8.78 Å². The zero-order valence-electron chi connectivity index (χ0n) is 17.3. The van der Waals surface area contributed by atoms with Gasteiger partial charge in [-0.3, -0.25) is 4.79 Å². The molecule has 0 spiro atoms. The van der Waals surface area contributed by atoms with Crippen molar-refractivity contribution in [2.75, 3.05) is 6.54 Å². The van der Waals surface area contributed by atoms with Gasteiger partial charge in [0.25, 0.3) is 0 Å². The molecule has 0 bridgehead atoms. The Balaban J connectivity index is 3.56. The third kappa shape index (κ3) is 4.01. The second-order valence-corrected chi connectivity index (χ2v) is 7.39. The Morgan fingerprint density at radius 2 is 1.20 bits per heavy atom. The summed E-state index contributed by atoms with van der Waals surface area (Å²) in [6, 6.07) is -3.33. The Bertz CT molecular complexity index is 834. The van der Waals surface area contributed by atoms with Gasteiger partial charge in [0.2, 0.25) is 5.91 Å². The lowest BCUT2D eigenvalue weighted by atomic mass is 9.83. The summed E-state index contributed by atoms with van der Waals surface area (Å²) in [5.41, 5.74) is -0.341. The summed E-state index contributed by atoms with van der Waals surface area (Å²) in [5.74, 6) is -56.3. The van der Waals surface area contributed by atoms with Crippen LogP contribution in [-0.4, -0.2) is 71.3 Å². The number of halogens is 16. The van der Waals surface area contributed by atoms with Gasteiger partial charge in [-0.2, -0.15) is 61.5 Å². The number of alkyl halides is 16. The Kier molecular flexibility index (Phi) is 7.90. The van der Waals surface area contributed by atoms with Gasteiger partial charge in [-0.15, -0.1) is 0 Å². The molecule has 2 nitrogen and oxygen atoms in total. The van der Waals surface area contributed by atoms with Crippen molar-refractivity contribution in [2.45, 2.75) is 80.6 Å². The van der Waals surface area contributed by atoms with E-state index in [-0.39, 0.29) is 16.9 Å². The summed E-state index contributed by atoms with van der Waals surface area (Å²) in [4.78, 5) is 11.9. The van der Waals surface area contributed by atoms with Crippen molar-refractivity contribution in [3.05, 3.63) is 11.6 Å². The highest BCUT2D eigenvalue weighted by atomic mass is 19.4. The van der Waals surface area contributed by atoms with Gasteiger partial charge in [0, 0.05) is 12.1 Å². The lowest BCUT2D eigenvalue weighted by Crippen LogP contribution is -2.76. The fraction of sp³-hybridized carbons (Fsp3) is 0.824. The first-order valence-corrected chi connectivity index (χ1v) is 9.25. The number of hydrogen-bond donors (Lipinski definition) is 0. The first-order valence-electron chi connectivity index (χ1n) is 9.25. The van der Waals surface area contributed by atoms with Crippen LogP contribution in [0.2, 0.25) is 0 Å². The maximum absolute atomic E-state index is 14.3. The SMILES string of the molecule is C/C=C(/CC)C(=O)N1CCC1C(F)(F)C(F)(F)C(F)(F)C(F)(F)C(F)(F)C(F)(F)C(F)(F)C(F)F. The van der Waals surface area contributed by atoms with E-state index in [4.69, 9.17) is 0 Å². The van der Waals surface area contributed by atoms with Crippen LogP contribution in [0.4, 0.5) is 70.2 Å². The number of rotatable bonds is 10. The summed E-state index contributed by atoms with van der Waals surface area (Å²) < 4.78 is 215. The number of likely N-dealkylation sites (tertiary alicyclic amines) is 1. The van der Waals surface area contributed by atoms with Gasteiger partial charge in [0.05, 0.1) is 0 Å². The molecule has 35 heavy (non-hydrogen) atoms. The molecule has 0 aromatic carbocycles. The molecule has 206 valence electrons. The summed E-state index contributed by atoms with van der Waals surface area (Å²) in [6.07, 6.45) is -6.38. The predicted molar refractivity (Wildman–Crippen MR) is 84.8 cm³/mol. The molecule has 1 unspecified atom stereocenters. The van der Waals surface area contributed by atoms with Crippen LogP contribution in [0.5, 0.6) is 0 Å². The first-order chi connectivity index (χ1) is 15.4. The van der Waals surface area contributed by atoms with E-state index in [0.717, 1.165) is 6.08 Å². The quantitative estimate of drug-likeness (QED) is 0.219. The predicted octanol–water partition coefficient (Wildman–Crippen LogP) is 6.66. The smallest absolute Gasteiger partial charge is 0.329 e. The summed E-state index contributed by atoms with van der Waals surface area (Å²) in [7, 11) is 0. The summed E-state index contributed by atoms with van der Waals surface area (Å²) in [5, 5.41) is 0. The van der Waals surface area contributed by atoms with Gasteiger partial charge >= 0.3 is 47.9 Å². The molecular weight excluding hydrogens is 538 g/mol. The van der Waals surface area contributed by atoms with Gasteiger partial charge in [0.15, 0.2) is 0 Å². The molecule has 1 atom stereocenters. The Labute approximate surface area is 185 Å². The molecule has 0 saturated carbocycles. The van der Waals surface area contributed by atoms with Crippen molar-refractivity contribution in [1.29, 1.82) is 0 Å². The average molecular weight is 553 g/mol. The molecule has 1 heterocycles. The topological polar surface area (TPSA) is 20.3 Å². The minimum atomic E-state index is -8.44. The van der Waals surface area contributed by atoms with Crippen molar-refractivity contribution in [1.82, 2.24) is 4.90 Å². The van der Waals surface area contributed by atoms with Crippen LogP contribution in [0.15, 0.2) is 11.6 Å². The van der Waals surface area contributed by atoms with E-state index in [9.17, 15) is 75.0 Å². The monoisotopic (exact) mass is 553 g/mol. The molecule has 0 aliphatic carbocycles. The molecular formula is C17H15F16NO. The highest BCUT2D eigenvalue weighted by molar-refractivity contribution is 5.94. The average Bonchev–Trinajstić information content (AvgIpc) is 2.66. The lowest BCUT2D eigenvalue weighted by Gasteiger charge is -2.49. The van der Waals surface area contributed by atoms with Crippen molar-refractivity contribution < 1.29 is 75.0 Å². The van der Waals surface area contributed by atoms with E-state index in [1.54, 1.807) is 0 Å². The number of amides is 1. The van der Waals surface area contributed by atoms with Crippen molar-refractivity contribution in [2.24, 2.45) is 0 Å². The van der Waals surface area contributed by atoms with E-state index in [0.29, 0.717) is 0 Å². The van der Waals surface area contributed by atoms with Gasteiger partial charge in [0.1, 0.15) is 6.04 Å². The molecule has 1 amide bonds. The largest absolute Gasteiger partial charge is 0.384 e. The minimum Gasteiger partial charge on any atom is -0.329 e. The number of allylic oxidation sites excluding steroid dienone is 1. The van der Waals surface area contributed by atoms with E-state index in [1.165, 1.54) is 13.8 Å². The van der Waals surface area contributed by atoms with Crippen LogP contribution < -0.4 is 0 Å². The summed E-state index contributed by atoms with van der Waals surface area (Å²) >= 11 is 0. The third-order valence-electron chi connectivity index (χ3n) is 5.39. The zero-order valence-corrected chi connectivity index (χ0v) is 17.3. The van der Waals surface area contributed by atoms with Gasteiger partial charge in [-0.05, 0) is 19.8 Å². The fourth-order valence-electron chi connectivity index (χ4n) is 3.03. The van der Waals surface area contributed by atoms with E-state index in [2.05, 4.69) is 0 Å². The minimum absolute atomic E-state index is 0.196. The molecule has 0 aromatic rings. The molecule has 0 radical (unpaired) electrons. The zero-order chi connectivity index (χ0) is 28.2. The molecule has 1 rings (SSSR count).